The summed E-state index contributed by atoms with van der Waals surface area (Å²) in [6.45, 7) is 1.38. The highest BCUT2D eigenvalue weighted by Crippen LogP contribution is 2.32. The lowest BCUT2D eigenvalue weighted by atomic mass is 10.1. The second kappa shape index (κ2) is 10.2. The molecule has 12 nitrogen and oxygen atoms in total. The number of likely N-dealkylation sites (tertiary alicyclic amines) is 1. The highest BCUT2D eigenvalue weighted by Gasteiger charge is 2.22. The fourth-order valence-corrected chi connectivity index (χ4v) is 2.93. The molecule has 168 valence electrons. The van der Waals surface area contributed by atoms with Gasteiger partial charge < -0.3 is 26.0 Å². The van der Waals surface area contributed by atoms with E-state index in [9.17, 15) is 9.59 Å². The average molecular weight is 439 g/mol. The molecule has 5 N–H and O–H groups in total. The van der Waals surface area contributed by atoms with Crippen molar-refractivity contribution in [2.24, 2.45) is 15.7 Å². The summed E-state index contributed by atoms with van der Waals surface area (Å²) in [4.78, 5) is 34.1. The minimum atomic E-state index is -0.448. The van der Waals surface area contributed by atoms with Gasteiger partial charge in [0.1, 0.15) is 12.2 Å². The van der Waals surface area contributed by atoms with E-state index in [1.54, 1.807) is 30.1 Å². The Bertz CT molecular complexity index is 1060. The van der Waals surface area contributed by atoms with Crippen LogP contribution in [0.3, 0.4) is 0 Å². The number of amidine groups is 1. The highest BCUT2D eigenvalue weighted by atomic mass is 16.5. The van der Waals surface area contributed by atoms with Gasteiger partial charge in [0.05, 0.1) is 24.0 Å². The zero-order valence-corrected chi connectivity index (χ0v) is 18.0. The summed E-state index contributed by atoms with van der Waals surface area (Å²) in [6, 6.07) is 6.51. The molecule has 1 saturated heterocycles. The molecule has 1 aliphatic rings. The Hall–Kier alpha value is -4.22. The Balaban J connectivity index is 1.98. The van der Waals surface area contributed by atoms with E-state index in [4.69, 9.17) is 10.5 Å². The predicted octanol–water partition coefficient (Wildman–Crippen LogP) is 1.19. The van der Waals surface area contributed by atoms with Crippen LogP contribution in [0.4, 0.5) is 22.0 Å². The normalized spacial score (nSPS) is 13.5. The van der Waals surface area contributed by atoms with Crippen LogP contribution in [0.1, 0.15) is 22.5 Å². The summed E-state index contributed by atoms with van der Waals surface area (Å²) in [5.41, 5.74) is 7.46. The summed E-state index contributed by atoms with van der Waals surface area (Å²) >= 11 is 0. The van der Waals surface area contributed by atoms with Crippen molar-refractivity contribution in [1.29, 1.82) is 0 Å². The van der Waals surface area contributed by atoms with Gasteiger partial charge in [0, 0.05) is 33.3 Å². The van der Waals surface area contributed by atoms with Crippen molar-refractivity contribution in [2.75, 3.05) is 44.9 Å². The maximum atomic E-state index is 12.3. The number of methoxy groups -OCH3 is 1. The minimum Gasteiger partial charge on any atom is -0.494 e. The van der Waals surface area contributed by atoms with Crippen molar-refractivity contribution in [3.63, 3.8) is 0 Å². The van der Waals surface area contributed by atoms with E-state index in [2.05, 4.69) is 36.1 Å². The van der Waals surface area contributed by atoms with Crippen molar-refractivity contribution in [1.82, 2.24) is 20.4 Å². The van der Waals surface area contributed by atoms with E-state index in [0.29, 0.717) is 35.8 Å². The van der Waals surface area contributed by atoms with Crippen LogP contribution in [-0.2, 0) is 0 Å². The van der Waals surface area contributed by atoms with E-state index in [-0.39, 0.29) is 23.4 Å². The molecule has 2 aromatic rings. The number of aromatic nitrogens is 2. The maximum absolute atomic E-state index is 12.3. The van der Waals surface area contributed by atoms with Crippen molar-refractivity contribution < 1.29 is 14.3 Å². The van der Waals surface area contributed by atoms with Gasteiger partial charge in [-0.15, -0.1) is 10.2 Å². The number of carbonyl (C=O) groups excluding carboxylic acids is 2. The van der Waals surface area contributed by atoms with Crippen LogP contribution in [-0.4, -0.2) is 73.5 Å². The fourth-order valence-electron chi connectivity index (χ4n) is 2.93. The van der Waals surface area contributed by atoms with Gasteiger partial charge >= 0.3 is 6.03 Å². The first kappa shape index (κ1) is 22.5. The number of rotatable bonds is 7. The number of ether oxygens (including phenoxy) is 1. The van der Waals surface area contributed by atoms with Gasteiger partial charge in [-0.05, 0) is 18.6 Å². The molecule has 0 atom stereocenters. The van der Waals surface area contributed by atoms with E-state index < -0.39 is 5.91 Å². The maximum Gasteiger partial charge on any atom is 0.323 e. The molecule has 0 unspecified atom stereocenters. The molecule has 1 aliphatic heterocycles. The lowest BCUT2D eigenvalue weighted by molar-refractivity contribution is 0.0958. The SMILES string of the molecule is CN=CN=C(N)c1cccc(Nc2cc(NC(=O)N3CCC3)nnc2C(=O)NC)c1OC. The molecule has 2 heterocycles. The Morgan fingerprint density at radius 2 is 2.03 bits per heavy atom. The molecule has 0 radical (unpaired) electrons. The van der Waals surface area contributed by atoms with Gasteiger partial charge in [-0.3, -0.25) is 15.1 Å². The molecule has 1 aromatic carbocycles. The van der Waals surface area contributed by atoms with E-state index in [1.165, 1.54) is 26.6 Å². The minimum absolute atomic E-state index is 0.0432. The Kier molecular flexibility index (Phi) is 7.16. The van der Waals surface area contributed by atoms with Crippen LogP contribution in [0.2, 0.25) is 0 Å². The number of nitrogens with one attached hydrogen (secondary N) is 3. The number of benzene rings is 1. The third-order valence-corrected chi connectivity index (χ3v) is 4.69. The Morgan fingerprint density at radius 1 is 1.25 bits per heavy atom. The zero-order valence-electron chi connectivity index (χ0n) is 18.0. The number of amides is 3. The summed E-state index contributed by atoms with van der Waals surface area (Å²) in [6.07, 6.45) is 2.30. The van der Waals surface area contributed by atoms with Crippen molar-refractivity contribution in [2.45, 2.75) is 6.42 Å². The van der Waals surface area contributed by atoms with E-state index in [0.717, 1.165) is 6.42 Å². The van der Waals surface area contributed by atoms with E-state index >= 15 is 0 Å². The molecule has 1 fully saturated rings. The lowest BCUT2D eigenvalue weighted by Crippen LogP contribution is -2.44. The average Bonchev–Trinajstić information content (AvgIpc) is 2.75. The molecule has 0 aliphatic carbocycles. The third kappa shape index (κ3) is 4.91. The van der Waals surface area contributed by atoms with Crippen molar-refractivity contribution in [3.8, 4) is 5.75 Å². The number of hydrogen-bond acceptors (Lipinski definition) is 7. The summed E-state index contributed by atoms with van der Waals surface area (Å²) in [5, 5.41) is 16.3. The smallest absolute Gasteiger partial charge is 0.323 e. The second-order valence-electron chi connectivity index (χ2n) is 6.74. The number of anilines is 3. The Morgan fingerprint density at radius 3 is 2.66 bits per heavy atom. The number of para-hydroxylation sites is 1. The molecule has 12 heteroatoms. The van der Waals surface area contributed by atoms with Crippen LogP contribution < -0.4 is 26.4 Å². The quantitative estimate of drug-likeness (QED) is 0.372. The molecule has 0 bridgehead atoms. The van der Waals surface area contributed by atoms with Crippen LogP contribution in [0.15, 0.2) is 34.3 Å². The molecular formula is C20H25N9O3. The van der Waals surface area contributed by atoms with Crippen molar-refractivity contribution in [3.05, 3.63) is 35.5 Å². The molecule has 3 rings (SSSR count). The first-order chi connectivity index (χ1) is 15.5. The van der Waals surface area contributed by atoms with Gasteiger partial charge in [0.2, 0.25) is 0 Å². The van der Waals surface area contributed by atoms with Crippen LogP contribution in [0, 0.1) is 0 Å². The standard InChI is InChI=1S/C20H25N9O3/c1-22-11-24-18(21)12-6-4-7-13(17(12)32-3)25-14-10-15(26-20(31)29-8-5-9-29)27-28-16(14)19(30)23-2/h4,6-7,10-11H,5,8-9H2,1-3H3,(H,23,30)(H2,21,22,24)(H2,25,26,27,31). The first-order valence-electron chi connectivity index (χ1n) is 9.82. The molecular weight excluding hydrogens is 414 g/mol. The predicted molar refractivity (Wildman–Crippen MR) is 122 cm³/mol. The van der Waals surface area contributed by atoms with Crippen LogP contribution in [0.25, 0.3) is 0 Å². The first-order valence-corrected chi connectivity index (χ1v) is 9.82. The molecule has 1 aromatic heterocycles. The molecule has 0 spiro atoms. The highest BCUT2D eigenvalue weighted by molar-refractivity contribution is 6.05. The summed E-state index contributed by atoms with van der Waals surface area (Å²) < 4.78 is 5.54. The summed E-state index contributed by atoms with van der Waals surface area (Å²) in [5.74, 6) is 0.366. The van der Waals surface area contributed by atoms with Crippen LogP contribution in [0.5, 0.6) is 5.75 Å². The van der Waals surface area contributed by atoms with Crippen LogP contribution >= 0.6 is 0 Å². The summed E-state index contributed by atoms with van der Waals surface area (Å²) in [7, 11) is 4.57. The number of urea groups is 1. The lowest BCUT2D eigenvalue weighted by Gasteiger charge is -2.30. The third-order valence-electron chi connectivity index (χ3n) is 4.69. The van der Waals surface area contributed by atoms with Crippen molar-refractivity contribution >= 4 is 41.3 Å². The largest absolute Gasteiger partial charge is 0.494 e. The van der Waals surface area contributed by atoms with Gasteiger partial charge in [0.15, 0.2) is 17.3 Å². The zero-order chi connectivity index (χ0) is 23.1. The molecule has 3 amide bonds. The number of hydrogen-bond donors (Lipinski definition) is 4. The monoisotopic (exact) mass is 439 g/mol. The van der Waals surface area contributed by atoms with Gasteiger partial charge in [-0.25, -0.2) is 9.79 Å². The second-order valence-corrected chi connectivity index (χ2v) is 6.74. The number of aliphatic imine (C=N–C) groups is 2. The molecule has 32 heavy (non-hydrogen) atoms. The molecule has 0 saturated carbocycles. The number of carbonyl (C=O) groups is 2. The number of nitrogens with two attached hydrogens (primary N) is 1. The van der Waals surface area contributed by atoms with Gasteiger partial charge in [-0.1, -0.05) is 6.07 Å². The van der Waals surface area contributed by atoms with Gasteiger partial charge in [-0.2, -0.15) is 0 Å². The fraction of sp³-hybridized carbons (Fsp3) is 0.300. The topological polar surface area (TPSA) is 159 Å². The van der Waals surface area contributed by atoms with Gasteiger partial charge in [0.25, 0.3) is 5.91 Å². The number of nitrogens with zero attached hydrogens (tertiary/aromatic N) is 5. The Labute approximate surface area is 185 Å². The van der Waals surface area contributed by atoms with E-state index in [1.807, 2.05) is 0 Å².